The van der Waals surface area contributed by atoms with Crippen molar-refractivity contribution in [2.75, 3.05) is 5.32 Å². The minimum absolute atomic E-state index is 0.135. The molecule has 1 heterocycles. The molecule has 122 valence electrons. The molecule has 2 aromatic rings. The summed E-state index contributed by atoms with van der Waals surface area (Å²) in [6, 6.07) is 4.90. The van der Waals surface area contributed by atoms with E-state index in [1.165, 1.54) is 12.1 Å². The summed E-state index contributed by atoms with van der Waals surface area (Å²) in [6.07, 6.45) is -0.791. The van der Waals surface area contributed by atoms with Crippen LogP contribution in [0.5, 0.6) is 0 Å². The van der Waals surface area contributed by atoms with E-state index in [1.54, 1.807) is 0 Å². The smallest absolute Gasteiger partial charge is 0.352 e. The third-order valence-corrected chi connectivity index (χ3v) is 3.93. The topological polar surface area (TPSA) is 57.8 Å². The first-order chi connectivity index (χ1) is 10.9. The molecule has 0 amide bonds. The lowest BCUT2D eigenvalue weighted by Gasteiger charge is -2.15. The quantitative estimate of drug-likeness (QED) is 0.911. The van der Waals surface area contributed by atoms with Crippen LogP contribution in [0.4, 0.5) is 19.1 Å². The number of aryl methyl sites for hydroxylation is 1. The van der Waals surface area contributed by atoms with Crippen LogP contribution in [0, 0.1) is 0 Å². The molecule has 7 heteroatoms. The van der Waals surface area contributed by atoms with Crippen LogP contribution in [0.25, 0.3) is 0 Å². The van der Waals surface area contributed by atoms with Crippen molar-refractivity contribution in [3.05, 3.63) is 57.0 Å². The Morgan fingerprint density at radius 1 is 1.13 bits per heavy atom. The summed E-state index contributed by atoms with van der Waals surface area (Å²) < 4.78 is 37.5. The predicted octanol–water partition coefficient (Wildman–Crippen LogP) is 3.28. The third-order valence-electron chi connectivity index (χ3n) is 3.93. The summed E-state index contributed by atoms with van der Waals surface area (Å²) in [7, 11) is 0. The Morgan fingerprint density at radius 3 is 2.52 bits per heavy atom. The van der Waals surface area contributed by atoms with Crippen LogP contribution in [0.15, 0.2) is 29.1 Å². The summed E-state index contributed by atoms with van der Waals surface area (Å²) in [5.41, 5.74) is 1.43. The number of rotatable bonds is 3. The normalized spacial score (nSPS) is 14.4. The number of anilines is 1. The largest absolute Gasteiger partial charge is 0.416 e. The molecule has 23 heavy (non-hydrogen) atoms. The Kier molecular flexibility index (Phi) is 4.11. The number of fused-ring (bicyclic) bond motifs is 1. The molecule has 2 N–H and O–H groups in total. The lowest BCUT2D eigenvalue weighted by molar-refractivity contribution is -0.137. The molecule has 3 rings (SSSR count). The number of nitrogens with one attached hydrogen (secondary N) is 2. The molecule has 0 saturated carbocycles. The minimum Gasteiger partial charge on any atom is -0.352 e. The maximum atomic E-state index is 12.5. The monoisotopic (exact) mass is 323 g/mol. The second-order valence-electron chi connectivity index (χ2n) is 5.60. The molecule has 0 unspecified atom stereocenters. The highest BCUT2D eigenvalue weighted by Gasteiger charge is 2.29. The molecular weight excluding hydrogens is 307 g/mol. The zero-order chi connectivity index (χ0) is 16.4. The first-order valence-corrected chi connectivity index (χ1v) is 7.45. The maximum absolute atomic E-state index is 12.5. The van der Waals surface area contributed by atoms with Gasteiger partial charge in [0.15, 0.2) is 0 Å². The SMILES string of the molecule is O=c1[nH]c(NCc2ccc(C(F)(F)F)cc2)nc2c1CCCC2. The van der Waals surface area contributed by atoms with Gasteiger partial charge in [0, 0.05) is 12.1 Å². The van der Waals surface area contributed by atoms with Crippen LogP contribution in [-0.4, -0.2) is 9.97 Å². The number of aromatic amines is 1. The van der Waals surface area contributed by atoms with E-state index in [-0.39, 0.29) is 5.56 Å². The number of nitrogens with zero attached hydrogens (tertiary/aromatic N) is 1. The standard InChI is InChI=1S/C16H16F3N3O/c17-16(18,19)11-7-5-10(6-8-11)9-20-15-21-13-4-2-1-3-12(13)14(23)22-15/h5-8H,1-4,9H2,(H2,20,21,22,23). The van der Waals surface area contributed by atoms with Gasteiger partial charge < -0.3 is 5.32 Å². The number of hydrogen-bond acceptors (Lipinski definition) is 3. The zero-order valence-electron chi connectivity index (χ0n) is 12.3. The third kappa shape index (κ3) is 3.55. The molecule has 0 radical (unpaired) electrons. The van der Waals surface area contributed by atoms with Gasteiger partial charge in [0.25, 0.3) is 5.56 Å². The van der Waals surface area contributed by atoms with Gasteiger partial charge in [-0.05, 0) is 43.4 Å². The molecule has 0 fully saturated rings. The summed E-state index contributed by atoms with van der Waals surface area (Å²) in [4.78, 5) is 19.1. The highest BCUT2D eigenvalue weighted by molar-refractivity contribution is 5.33. The number of alkyl halides is 3. The van der Waals surface area contributed by atoms with Gasteiger partial charge in [-0.3, -0.25) is 9.78 Å². The van der Waals surface area contributed by atoms with Crippen molar-refractivity contribution in [2.24, 2.45) is 0 Å². The van der Waals surface area contributed by atoms with E-state index >= 15 is 0 Å². The summed E-state index contributed by atoms with van der Waals surface area (Å²) in [6.45, 7) is 0.292. The molecule has 0 atom stereocenters. The van der Waals surface area contributed by atoms with E-state index in [1.807, 2.05) is 0 Å². The Labute approximate surface area is 130 Å². The molecule has 0 saturated heterocycles. The first kappa shape index (κ1) is 15.6. The first-order valence-electron chi connectivity index (χ1n) is 7.45. The molecule has 1 aliphatic carbocycles. The average Bonchev–Trinajstić information content (AvgIpc) is 2.52. The van der Waals surface area contributed by atoms with E-state index in [0.717, 1.165) is 49.1 Å². The summed E-state index contributed by atoms with van der Waals surface area (Å²) in [5.74, 6) is 0.357. The maximum Gasteiger partial charge on any atom is 0.416 e. The fourth-order valence-corrected chi connectivity index (χ4v) is 2.68. The lowest BCUT2D eigenvalue weighted by Crippen LogP contribution is -2.22. The van der Waals surface area contributed by atoms with Gasteiger partial charge in [0.2, 0.25) is 5.95 Å². The number of benzene rings is 1. The van der Waals surface area contributed by atoms with Crippen LogP contribution in [0.3, 0.4) is 0 Å². The van der Waals surface area contributed by atoms with E-state index in [2.05, 4.69) is 15.3 Å². The van der Waals surface area contributed by atoms with Crippen molar-refractivity contribution in [1.29, 1.82) is 0 Å². The van der Waals surface area contributed by atoms with E-state index in [4.69, 9.17) is 0 Å². The van der Waals surface area contributed by atoms with Gasteiger partial charge >= 0.3 is 6.18 Å². The van der Waals surface area contributed by atoms with Crippen molar-refractivity contribution < 1.29 is 13.2 Å². The van der Waals surface area contributed by atoms with E-state index in [0.29, 0.717) is 18.1 Å². The fraction of sp³-hybridized carbons (Fsp3) is 0.375. The molecular formula is C16H16F3N3O. The molecule has 0 bridgehead atoms. The Bertz CT molecular complexity index is 751. The van der Waals surface area contributed by atoms with E-state index in [9.17, 15) is 18.0 Å². The van der Waals surface area contributed by atoms with Crippen LogP contribution < -0.4 is 10.9 Å². The van der Waals surface area contributed by atoms with Gasteiger partial charge in [-0.15, -0.1) is 0 Å². The second-order valence-corrected chi connectivity index (χ2v) is 5.60. The van der Waals surface area contributed by atoms with Gasteiger partial charge in [-0.25, -0.2) is 4.98 Å². The molecule has 1 aromatic heterocycles. The molecule has 0 aliphatic heterocycles. The number of aromatic nitrogens is 2. The molecule has 1 aromatic carbocycles. The Hall–Kier alpha value is -2.31. The van der Waals surface area contributed by atoms with Gasteiger partial charge in [0.1, 0.15) is 0 Å². The molecule has 0 spiro atoms. The number of hydrogen-bond donors (Lipinski definition) is 2. The highest BCUT2D eigenvalue weighted by Crippen LogP contribution is 2.29. The van der Waals surface area contributed by atoms with Crippen LogP contribution >= 0.6 is 0 Å². The number of H-pyrrole nitrogens is 1. The fourth-order valence-electron chi connectivity index (χ4n) is 2.68. The van der Waals surface area contributed by atoms with Gasteiger partial charge in [-0.1, -0.05) is 12.1 Å². The zero-order valence-corrected chi connectivity index (χ0v) is 12.3. The minimum atomic E-state index is -4.34. The van der Waals surface area contributed by atoms with E-state index < -0.39 is 11.7 Å². The van der Waals surface area contributed by atoms with Crippen LogP contribution in [0.2, 0.25) is 0 Å². The van der Waals surface area contributed by atoms with Crippen molar-refractivity contribution >= 4 is 5.95 Å². The Balaban J connectivity index is 1.71. The van der Waals surface area contributed by atoms with Crippen molar-refractivity contribution in [3.63, 3.8) is 0 Å². The molecule has 4 nitrogen and oxygen atoms in total. The Morgan fingerprint density at radius 2 is 1.83 bits per heavy atom. The van der Waals surface area contributed by atoms with Crippen LogP contribution in [0.1, 0.15) is 35.2 Å². The van der Waals surface area contributed by atoms with Crippen molar-refractivity contribution in [3.8, 4) is 0 Å². The van der Waals surface area contributed by atoms with Crippen molar-refractivity contribution in [1.82, 2.24) is 9.97 Å². The predicted molar refractivity (Wildman–Crippen MR) is 80.3 cm³/mol. The summed E-state index contributed by atoms with van der Waals surface area (Å²) >= 11 is 0. The van der Waals surface area contributed by atoms with Crippen LogP contribution in [-0.2, 0) is 25.6 Å². The lowest BCUT2D eigenvalue weighted by atomic mass is 9.97. The number of halogens is 3. The van der Waals surface area contributed by atoms with Crippen molar-refractivity contribution in [2.45, 2.75) is 38.4 Å². The highest BCUT2D eigenvalue weighted by atomic mass is 19.4. The average molecular weight is 323 g/mol. The van der Waals surface area contributed by atoms with Gasteiger partial charge in [-0.2, -0.15) is 13.2 Å². The molecule has 1 aliphatic rings. The second kappa shape index (κ2) is 6.06. The summed E-state index contributed by atoms with van der Waals surface area (Å²) in [5, 5.41) is 2.96. The van der Waals surface area contributed by atoms with Gasteiger partial charge in [0.05, 0.1) is 11.3 Å².